The Balaban J connectivity index is 1.87. The lowest BCUT2D eigenvalue weighted by atomic mass is 10.2. The number of hydrogen-bond donors (Lipinski definition) is 3. The van der Waals surface area contributed by atoms with Crippen molar-refractivity contribution >= 4 is 40.6 Å². The van der Waals surface area contributed by atoms with Crippen LogP contribution >= 0.6 is 22.6 Å². The number of benzene rings is 2. The Morgan fingerprint density at radius 2 is 2.04 bits per heavy atom. The normalized spacial score (nSPS) is 10.5. The van der Waals surface area contributed by atoms with Crippen LogP contribution in [0.3, 0.4) is 0 Å². The molecule has 0 spiro atoms. The summed E-state index contributed by atoms with van der Waals surface area (Å²) in [6, 6.07) is 11.7. The number of carbonyl (C=O) groups excluding carboxylic acids is 2. The third-order valence-corrected chi connectivity index (χ3v) is 4.10. The van der Waals surface area contributed by atoms with E-state index in [0.29, 0.717) is 16.9 Å². The number of phenols is 1. The predicted octanol–water partition coefficient (Wildman–Crippen LogP) is 1.89. The van der Waals surface area contributed by atoms with Crippen LogP contribution in [-0.2, 0) is 4.79 Å². The smallest absolute Gasteiger partial charge is 0.259 e. The number of carbonyl (C=O) groups is 2. The van der Waals surface area contributed by atoms with E-state index in [2.05, 4.69) is 38.4 Å². The van der Waals surface area contributed by atoms with Crippen molar-refractivity contribution in [2.75, 3.05) is 13.7 Å². The van der Waals surface area contributed by atoms with Crippen LogP contribution in [-0.4, -0.2) is 36.8 Å². The number of rotatable bonds is 6. The molecule has 0 fully saturated rings. The standard InChI is InChI=1S/C17H16IN3O4/c1-25-12-6-7-15(22)11(8-12)9-20-21-16(23)10-19-17(24)13-4-2-3-5-14(13)18/h2-9,22H,10H2,1H3,(H,19,24)(H,21,23)/b20-9+. The number of nitrogens with zero attached hydrogens (tertiary/aromatic N) is 1. The quantitative estimate of drug-likeness (QED) is 0.354. The number of nitrogens with one attached hydrogen (secondary N) is 2. The molecule has 0 atom stereocenters. The molecule has 2 amide bonds. The first-order chi connectivity index (χ1) is 12.0. The van der Waals surface area contributed by atoms with Crippen LogP contribution in [0, 0.1) is 3.57 Å². The van der Waals surface area contributed by atoms with E-state index in [0.717, 1.165) is 3.57 Å². The van der Waals surface area contributed by atoms with Gasteiger partial charge < -0.3 is 15.2 Å². The van der Waals surface area contributed by atoms with E-state index in [9.17, 15) is 14.7 Å². The second kappa shape index (κ2) is 9.02. The van der Waals surface area contributed by atoms with Gasteiger partial charge in [-0.2, -0.15) is 5.10 Å². The maximum atomic E-state index is 12.0. The number of amides is 2. The Bertz CT molecular complexity index is 808. The summed E-state index contributed by atoms with van der Waals surface area (Å²) in [5.74, 6) is -0.270. The minimum Gasteiger partial charge on any atom is -0.507 e. The molecule has 2 aromatic carbocycles. The van der Waals surface area contributed by atoms with E-state index >= 15 is 0 Å². The fourth-order valence-corrected chi connectivity index (χ4v) is 2.51. The van der Waals surface area contributed by atoms with Gasteiger partial charge in [0.05, 0.1) is 25.4 Å². The summed E-state index contributed by atoms with van der Waals surface area (Å²) >= 11 is 2.05. The molecular weight excluding hydrogens is 437 g/mol. The van der Waals surface area contributed by atoms with Crippen molar-refractivity contribution in [1.29, 1.82) is 0 Å². The van der Waals surface area contributed by atoms with E-state index in [1.54, 1.807) is 30.3 Å². The van der Waals surface area contributed by atoms with Gasteiger partial charge in [0, 0.05) is 9.13 Å². The molecule has 0 unspecified atom stereocenters. The van der Waals surface area contributed by atoms with Crippen LogP contribution in [0.15, 0.2) is 47.6 Å². The second-order valence-electron chi connectivity index (χ2n) is 4.88. The number of hydrogen-bond acceptors (Lipinski definition) is 5. The minimum absolute atomic E-state index is 0.00533. The molecule has 8 heteroatoms. The molecule has 25 heavy (non-hydrogen) atoms. The van der Waals surface area contributed by atoms with Crippen molar-refractivity contribution in [3.05, 3.63) is 57.2 Å². The zero-order valence-electron chi connectivity index (χ0n) is 13.3. The summed E-state index contributed by atoms with van der Waals surface area (Å²) in [5.41, 5.74) is 3.17. The summed E-state index contributed by atoms with van der Waals surface area (Å²) in [5, 5.41) is 16.0. The molecule has 130 valence electrons. The maximum absolute atomic E-state index is 12.0. The monoisotopic (exact) mass is 453 g/mol. The van der Waals surface area contributed by atoms with Crippen molar-refractivity contribution < 1.29 is 19.4 Å². The highest BCUT2D eigenvalue weighted by atomic mass is 127. The molecule has 2 aromatic rings. The molecule has 0 bridgehead atoms. The van der Waals surface area contributed by atoms with E-state index in [-0.39, 0.29) is 18.2 Å². The molecule has 0 radical (unpaired) electrons. The third kappa shape index (κ3) is 5.45. The molecule has 7 nitrogen and oxygen atoms in total. The highest BCUT2D eigenvalue weighted by Gasteiger charge is 2.10. The Labute approximate surface area is 158 Å². The first kappa shape index (κ1) is 18.7. The van der Waals surface area contributed by atoms with Crippen LogP contribution in [0.4, 0.5) is 0 Å². The van der Waals surface area contributed by atoms with Gasteiger partial charge in [-0.3, -0.25) is 9.59 Å². The SMILES string of the molecule is COc1ccc(O)c(/C=N/NC(=O)CNC(=O)c2ccccc2I)c1. The zero-order chi connectivity index (χ0) is 18.2. The Morgan fingerprint density at radius 3 is 2.76 bits per heavy atom. The number of hydrazone groups is 1. The van der Waals surface area contributed by atoms with Crippen molar-refractivity contribution in [2.24, 2.45) is 5.10 Å². The maximum Gasteiger partial charge on any atom is 0.259 e. The molecule has 0 aliphatic carbocycles. The van der Waals surface area contributed by atoms with Crippen LogP contribution in [0.2, 0.25) is 0 Å². The lowest BCUT2D eigenvalue weighted by Crippen LogP contribution is -2.35. The van der Waals surface area contributed by atoms with Crippen LogP contribution in [0.5, 0.6) is 11.5 Å². The lowest BCUT2D eigenvalue weighted by molar-refractivity contribution is -0.120. The van der Waals surface area contributed by atoms with Gasteiger partial charge in [0.1, 0.15) is 11.5 Å². The average molecular weight is 453 g/mol. The largest absolute Gasteiger partial charge is 0.507 e. The molecule has 0 aliphatic rings. The average Bonchev–Trinajstić information content (AvgIpc) is 2.61. The van der Waals surface area contributed by atoms with Gasteiger partial charge in [-0.1, -0.05) is 12.1 Å². The molecule has 0 aliphatic heterocycles. The molecule has 0 heterocycles. The number of aromatic hydroxyl groups is 1. The Morgan fingerprint density at radius 1 is 1.28 bits per heavy atom. The molecule has 0 saturated heterocycles. The van der Waals surface area contributed by atoms with Crippen LogP contribution < -0.4 is 15.5 Å². The summed E-state index contributed by atoms with van der Waals surface area (Å²) in [7, 11) is 1.51. The molecular formula is C17H16IN3O4. The Kier molecular flexibility index (Phi) is 6.75. The topological polar surface area (TPSA) is 100 Å². The minimum atomic E-state index is -0.488. The van der Waals surface area contributed by atoms with Crippen molar-refractivity contribution in [3.63, 3.8) is 0 Å². The van der Waals surface area contributed by atoms with Crippen LogP contribution in [0.1, 0.15) is 15.9 Å². The zero-order valence-corrected chi connectivity index (χ0v) is 15.5. The number of ether oxygens (including phenoxy) is 1. The first-order valence-electron chi connectivity index (χ1n) is 7.23. The van der Waals surface area contributed by atoms with Gasteiger partial charge in [0.15, 0.2) is 0 Å². The van der Waals surface area contributed by atoms with E-state index < -0.39 is 5.91 Å². The first-order valence-corrected chi connectivity index (χ1v) is 8.30. The fourth-order valence-electron chi connectivity index (χ4n) is 1.88. The molecule has 3 N–H and O–H groups in total. The molecule has 0 saturated carbocycles. The Hall–Kier alpha value is -2.62. The predicted molar refractivity (Wildman–Crippen MR) is 102 cm³/mol. The summed E-state index contributed by atoms with van der Waals surface area (Å²) in [4.78, 5) is 23.7. The van der Waals surface area contributed by atoms with E-state index in [1.807, 2.05) is 6.07 Å². The highest BCUT2D eigenvalue weighted by molar-refractivity contribution is 14.1. The summed E-state index contributed by atoms with van der Waals surface area (Å²) in [6.07, 6.45) is 1.29. The van der Waals surface area contributed by atoms with E-state index in [4.69, 9.17) is 4.74 Å². The lowest BCUT2D eigenvalue weighted by Gasteiger charge is -2.06. The van der Waals surface area contributed by atoms with Crippen molar-refractivity contribution in [2.45, 2.75) is 0 Å². The van der Waals surface area contributed by atoms with Gasteiger partial charge in [-0.15, -0.1) is 0 Å². The van der Waals surface area contributed by atoms with Crippen molar-refractivity contribution in [1.82, 2.24) is 10.7 Å². The summed E-state index contributed by atoms with van der Waals surface area (Å²) < 4.78 is 5.84. The fraction of sp³-hybridized carbons (Fsp3) is 0.118. The van der Waals surface area contributed by atoms with Crippen molar-refractivity contribution in [3.8, 4) is 11.5 Å². The third-order valence-electron chi connectivity index (χ3n) is 3.16. The number of phenolic OH excluding ortho intramolecular Hbond substituents is 1. The van der Waals surface area contributed by atoms with Crippen LogP contribution in [0.25, 0.3) is 0 Å². The van der Waals surface area contributed by atoms with Gasteiger partial charge in [0.25, 0.3) is 11.8 Å². The molecule has 0 aromatic heterocycles. The summed E-state index contributed by atoms with van der Waals surface area (Å²) in [6.45, 7) is -0.217. The van der Waals surface area contributed by atoms with Gasteiger partial charge in [-0.05, 0) is 52.9 Å². The van der Waals surface area contributed by atoms with E-state index in [1.165, 1.54) is 19.4 Å². The number of methoxy groups -OCH3 is 1. The van der Waals surface area contributed by atoms with Gasteiger partial charge in [0.2, 0.25) is 0 Å². The molecule has 2 rings (SSSR count). The van der Waals surface area contributed by atoms with Gasteiger partial charge >= 0.3 is 0 Å². The van der Waals surface area contributed by atoms with Gasteiger partial charge in [-0.25, -0.2) is 5.43 Å². The second-order valence-corrected chi connectivity index (χ2v) is 6.04. The highest BCUT2D eigenvalue weighted by Crippen LogP contribution is 2.20. The number of halogens is 1.